The number of hydrogen-bond donors (Lipinski definition) is 2. The number of ether oxygens (including phenoxy) is 1. The Kier molecular flexibility index (Phi) is 6.96. The number of hydrazine groups is 1. The zero-order valence-electron chi connectivity index (χ0n) is 18.7. The summed E-state index contributed by atoms with van der Waals surface area (Å²) in [6.45, 7) is 1.26. The average molecular weight is 472 g/mol. The molecule has 3 aromatic carbocycles. The van der Waals surface area contributed by atoms with Gasteiger partial charge in [-0.25, -0.2) is 13.9 Å². The van der Waals surface area contributed by atoms with Gasteiger partial charge in [0.15, 0.2) is 6.61 Å². The van der Waals surface area contributed by atoms with Crippen molar-refractivity contribution in [3.63, 3.8) is 0 Å². The summed E-state index contributed by atoms with van der Waals surface area (Å²) >= 11 is 0. The molecule has 0 saturated heterocycles. The third kappa shape index (κ3) is 5.77. The van der Waals surface area contributed by atoms with Crippen LogP contribution in [-0.2, 0) is 9.53 Å². The van der Waals surface area contributed by atoms with Crippen molar-refractivity contribution in [2.45, 2.75) is 6.92 Å². The quantitative estimate of drug-likeness (QED) is 0.330. The van der Waals surface area contributed by atoms with Crippen molar-refractivity contribution in [2.75, 3.05) is 6.61 Å². The SMILES string of the molecule is Cc1ccc(C(=O)NNC(=O)COC(=O)c2cn(-c3ccccc3)nc2-c2ccc(F)cc2)cc1. The number of rotatable bonds is 6. The van der Waals surface area contributed by atoms with Gasteiger partial charge in [0.2, 0.25) is 0 Å². The Balaban J connectivity index is 1.44. The zero-order valence-corrected chi connectivity index (χ0v) is 18.7. The zero-order chi connectivity index (χ0) is 24.8. The summed E-state index contributed by atoms with van der Waals surface area (Å²) in [5.41, 5.74) is 7.40. The van der Waals surface area contributed by atoms with Gasteiger partial charge in [0.25, 0.3) is 11.8 Å². The maximum Gasteiger partial charge on any atom is 0.342 e. The van der Waals surface area contributed by atoms with Crippen LogP contribution in [0.4, 0.5) is 4.39 Å². The lowest BCUT2D eigenvalue weighted by molar-refractivity contribution is -0.125. The van der Waals surface area contributed by atoms with Crippen molar-refractivity contribution in [3.8, 4) is 16.9 Å². The molecule has 0 unspecified atom stereocenters. The van der Waals surface area contributed by atoms with E-state index < -0.39 is 30.2 Å². The Morgan fingerprint density at radius 1 is 0.914 bits per heavy atom. The van der Waals surface area contributed by atoms with Crippen LogP contribution in [0.3, 0.4) is 0 Å². The number of amides is 2. The highest BCUT2D eigenvalue weighted by molar-refractivity contribution is 5.98. The van der Waals surface area contributed by atoms with E-state index in [1.807, 2.05) is 25.1 Å². The summed E-state index contributed by atoms with van der Waals surface area (Å²) in [5.74, 6) is -2.46. The van der Waals surface area contributed by atoms with Crippen LogP contribution in [0.15, 0.2) is 85.1 Å². The maximum absolute atomic E-state index is 13.4. The van der Waals surface area contributed by atoms with Crippen LogP contribution >= 0.6 is 0 Å². The summed E-state index contributed by atoms with van der Waals surface area (Å²) in [6, 6.07) is 21.4. The predicted molar refractivity (Wildman–Crippen MR) is 126 cm³/mol. The molecular formula is C26H21FN4O4. The van der Waals surface area contributed by atoms with Gasteiger partial charge in [-0.15, -0.1) is 0 Å². The molecule has 4 aromatic rings. The second-order valence-corrected chi connectivity index (χ2v) is 7.62. The number of nitrogens with one attached hydrogen (secondary N) is 2. The van der Waals surface area contributed by atoms with Gasteiger partial charge in [-0.05, 0) is 55.5 Å². The first-order valence-corrected chi connectivity index (χ1v) is 10.6. The second kappa shape index (κ2) is 10.4. The van der Waals surface area contributed by atoms with E-state index in [4.69, 9.17) is 4.74 Å². The minimum absolute atomic E-state index is 0.0944. The van der Waals surface area contributed by atoms with Gasteiger partial charge in [0, 0.05) is 17.3 Å². The number of carbonyl (C=O) groups excluding carboxylic acids is 3. The molecule has 35 heavy (non-hydrogen) atoms. The van der Waals surface area contributed by atoms with Crippen LogP contribution in [0, 0.1) is 12.7 Å². The molecule has 0 fully saturated rings. The fourth-order valence-electron chi connectivity index (χ4n) is 3.21. The smallest absolute Gasteiger partial charge is 0.342 e. The molecular weight excluding hydrogens is 451 g/mol. The number of hydrogen-bond acceptors (Lipinski definition) is 5. The normalized spacial score (nSPS) is 10.5. The highest BCUT2D eigenvalue weighted by Crippen LogP contribution is 2.25. The number of nitrogens with zero attached hydrogens (tertiary/aromatic N) is 2. The first-order chi connectivity index (χ1) is 16.9. The largest absolute Gasteiger partial charge is 0.452 e. The predicted octanol–water partition coefficient (Wildman–Crippen LogP) is 3.60. The molecule has 2 N–H and O–H groups in total. The summed E-state index contributed by atoms with van der Waals surface area (Å²) in [6.07, 6.45) is 1.48. The van der Waals surface area contributed by atoms with Gasteiger partial charge in [-0.2, -0.15) is 5.10 Å². The van der Waals surface area contributed by atoms with Crippen molar-refractivity contribution < 1.29 is 23.5 Å². The Bertz CT molecular complexity index is 1350. The van der Waals surface area contributed by atoms with Crippen LogP contribution in [-0.4, -0.2) is 34.2 Å². The van der Waals surface area contributed by atoms with Crippen LogP contribution in [0.5, 0.6) is 0 Å². The van der Waals surface area contributed by atoms with Gasteiger partial charge in [-0.3, -0.25) is 20.4 Å². The maximum atomic E-state index is 13.4. The van der Waals surface area contributed by atoms with Gasteiger partial charge in [-0.1, -0.05) is 35.9 Å². The number of benzene rings is 3. The summed E-state index contributed by atoms with van der Waals surface area (Å²) in [7, 11) is 0. The van der Waals surface area contributed by atoms with Gasteiger partial charge in [0.1, 0.15) is 17.1 Å². The number of para-hydroxylation sites is 1. The minimum atomic E-state index is -0.800. The standard InChI is InChI=1S/C26H21FN4O4/c1-17-7-9-19(10-8-17)25(33)29-28-23(32)16-35-26(34)22-15-31(21-5-3-2-4-6-21)30-24(22)18-11-13-20(27)14-12-18/h2-15H,16H2,1H3,(H,28,32)(H,29,33). The van der Waals surface area contributed by atoms with Gasteiger partial charge < -0.3 is 4.74 Å². The van der Waals surface area contributed by atoms with Crippen molar-refractivity contribution in [3.05, 3.63) is 108 Å². The lowest BCUT2D eigenvalue weighted by Crippen LogP contribution is -2.43. The number of halogens is 1. The van der Waals surface area contributed by atoms with Crippen molar-refractivity contribution in [2.24, 2.45) is 0 Å². The van der Waals surface area contributed by atoms with E-state index in [0.29, 0.717) is 16.8 Å². The third-order valence-electron chi connectivity index (χ3n) is 5.04. The topological polar surface area (TPSA) is 102 Å². The highest BCUT2D eigenvalue weighted by Gasteiger charge is 2.21. The molecule has 0 bridgehead atoms. The van der Waals surface area contributed by atoms with E-state index in [1.165, 1.54) is 35.1 Å². The Hall–Kier alpha value is -4.79. The van der Waals surface area contributed by atoms with E-state index in [1.54, 1.807) is 36.4 Å². The highest BCUT2D eigenvalue weighted by atomic mass is 19.1. The number of carbonyl (C=O) groups is 3. The molecule has 1 heterocycles. The van der Waals surface area contributed by atoms with E-state index >= 15 is 0 Å². The average Bonchev–Trinajstić information content (AvgIpc) is 3.33. The Morgan fingerprint density at radius 2 is 1.60 bits per heavy atom. The van der Waals surface area contributed by atoms with E-state index in [2.05, 4.69) is 16.0 Å². The molecule has 0 aliphatic carbocycles. The molecule has 0 saturated carbocycles. The molecule has 2 amide bonds. The van der Waals surface area contributed by atoms with Crippen LogP contribution in [0.25, 0.3) is 16.9 Å². The van der Waals surface area contributed by atoms with E-state index in [9.17, 15) is 18.8 Å². The minimum Gasteiger partial charge on any atom is -0.452 e. The molecule has 1 aromatic heterocycles. The van der Waals surface area contributed by atoms with Crippen LogP contribution < -0.4 is 10.9 Å². The summed E-state index contributed by atoms with van der Waals surface area (Å²) < 4.78 is 20.1. The van der Waals surface area contributed by atoms with Gasteiger partial charge in [0.05, 0.1) is 5.69 Å². The van der Waals surface area contributed by atoms with Gasteiger partial charge >= 0.3 is 5.97 Å². The van der Waals surface area contributed by atoms with Crippen LogP contribution in [0.1, 0.15) is 26.3 Å². The van der Waals surface area contributed by atoms with Crippen LogP contribution in [0.2, 0.25) is 0 Å². The Morgan fingerprint density at radius 3 is 2.29 bits per heavy atom. The first kappa shape index (κ1) is 23.4. The van der Waals surface area contributed by atoms with Crippen molar-refractivity contribution in [1.82, 2.24) is 20.6 Å². The molecule has 9 heteroatoms. The summed E-state index contributed by atoms with van der Waals surface area (Å²) in [4.78, 5) is 37.1. The first-order valence-electron chi connectivity index (χ1n) is 10.6. The van der Waals surface area contributed by atoms with E-state index in [-0.39, 0.29) is 11.3 Å². The lowest BCUT2D eigenvalue weighted by Gasteiger charge is -2.08. The Labute approximate surface area is 200 Å². The fraction of sp³-hybridized carbons (Fsp3) is 0.0769. The number of aryl methyl sites for hydroxylation is 1. The second-order valence-electron chi connectivity index (χ2n) is 7.62. The lowest BCUT2D eigenvalue weighted by atomic mass is 10.1. The summed E-state index contributed by atoms with van der Waals surface area (Å²) in [5, 5.41) is 4.46. The van der Waals surface area contributed by atoms with E-state index in [0.717, 1.165) is 5.56 Å². The molecule has 0 aliphatic rings. The van der Waals surface area contributed by atoms with Crippen molar-refractivity contribution >= 4 is 17.8 Å². The monoisotopic (exact) mass is 472 g/mol. The molecule has 4 rings (SSSR count). The molecule has 8 nitrogen and oxygen atoms in total. The fourth-order valence-corrected chi connectivity index (χ4v) is 3.21. The third-order valence-corrected chi connectivity index (χ3v) is 5.04. The molecule has 176 valence electrons. The molecule has 0 aliphatic heterocycles. The van der Waals surface area contributed by atoms with Crippen molar-refractivity contribution in [1.29, 1.82) is 0 Å². The number of aromatic nitrogens is 2. The number of esters is 1. The molecule has 0 radical (unpaired) electrons. The molecule has 0 atom stereocenters. The molecule has 0 spiro atoms.